The molecule has 0 amide bonds. The Labute approximate surface area is 402 Å². The highest BCUT2D eigenvalue weighted by atomic mass is 16.5. The number of benzene rings is 8. The van der Waals surface area contributed by atoms with Gasteiger partial charge in [0.15, 0.2) is 0 Å². The number of aromatic hydroxyl groups is 1. The maximum absolute atomic E-state index is 10.8. The molecule has 0 saturated heterocycles. The number of nitrogens with zero attached hydrogens (tertiary/aromatic N) is 4. The Kier molecular flexibility index (Phi) is 12.3. The number of hydrogen-bond donors (Lipinski definition) is 1. The van der Waals surface area contributed by atoms with Crippen LogP contribution in [0.2, 0.25) is 0 Å². The van der Waals surface area contributed by atoms with E-state index in [4.69, 9.17) is 23.7 Å². The number of allylic oxidation sites excluding steroid dienone is 3. The van der Waals surface area contributed by atoms with E-state index in [1.165, 1.54) is 0 Å². The summed E-state index contributed by atoms with van der Waals surface area (Å²) in [5.74, 6) is 4.09. The van der Waals surface area contributed by atoms with Gasteiger partial charge >= 0.3 is 0 Å². The van der Waals surface area contributed by atoms with Crippen LogP contribution in [-0.2, 0) is 4.74 Å². The van der Waals surface area contributed by atoms with Gasteiger partial charge in [0.25, 0.3) is 0 Å². The van der Waals surface area contributed by atoms with E-state index in [1.54, 1.807) is 47.7 Å². The number of ether oxygens (including phenoxy) is 5. The first kappa shape index (κ1) is 44.1. The molecular formula is C59H52N4O6. The Balaban J connectivity index is 1.19. The first-order valence-electron chi connectivity index (χ1n) is 22.8. The van der Waals surface area contributed by atoms with Crippen LogP contribution in [0.3, 0.4) is 0 Å². The number of aromatic nitrogens is 1. The van der Waals surface area contributed by atoms with Gasteiger partial charge < -0.3 is 48.1 Å². The van der Waals surface area contributed by atoms with Crippen LogP contribution in [0.1, 0.15) is 12.8 Å². The molecule has 10 rings (SSSR count). The highest BCUT2D eigenvalue weighted by Gasteiger charge is 2.23. The number of fused-ring (bicyclic) bond motifs is 3. The Bertz CT molecular complexity index is 3330. The lowest BCUT2D eigenvalue weighted by Gasteiger charge is -2.29. The minimum Gasteiger partial charge on any atom is -0.508 e. The second kappa shape index (κ2) is 19.2. The minimum atomic E-state index is 0.169. The number of methoxy groups -OCH3 is 5. The first-order valence-corrected chi connectivity index (χ1v) is 22.8. The Morgan fingerprint density at radius 1 is 0.406 bits per heavy atom. The summed E-state index contributed by atoms with van der Waals surface area (Å²) >= 11 is 0. The van der Waals surface area contributed by atoms with Gasteiger partial charge in [0, 0.05) is 104 Å². The number of phenols is 1. The van der Waals surface area contributed by atoms with Gasteiger partial charge in [-0.3, -0.25) is 0 Å². The van der Waals surface area contributed by atoms with Crippen LogP contribution in [0.15, 0.2) is 206 Å². The highest BCUT2D eigenvalue weighted by Crippen LogP contribution is 2.45. The minimum absolute atomic E-state index is 0.169. The fourth-order valence-corrected chi connectivity index (χ4v) is 9.25. The maximum atomic E-state index is 10.8. The van der Waals surface area contributed by atoms with Crippen molar-refractivity contribution in [3.63, 3.8) is 0 Å². The summed E-state index contributed by atoms with van der Waals surface area (Å²) in [6.45, 7) is 0. The molecule has 10 nitrogen and oxygen atoms in total. The summed E-state index contributed by atoms with van der Waals surface area (Å²) in [6.07, 6.45) is 6.06. The zero-order valence-electron chi connectivity index (χ0n) is 39.2. The molecule has 0 bridgehead atoms. The Morgan fingerprint density at radius 3 is 1.28 bits per heavy atom. The van der Waals surface area contributed by atoms with Gasteiger partial charge in [-0.15, -0.1) is 0 Å². The summed E-state index contributed by atoms with van der Waals surface area (Å²) in [7, 11) is 8.46. The number of rotatable bonds is 15. The molecule has 0 atom stereocenters. The second-order valence-electron chi connectivity index (χ2n) is 16.6. The summed E-state index contributed by atoms with van der Waals surface area (Å²) in [4.78, 5) is 6.61. The predicted octanol–water partition coefficient (Wildman–Crippen LogP) is 14.8. The van der Waals surface area contributed by atoms with Crippen molar-refractivity contribution in [2.45, 2.75) is 12.8 Å². The summed E-state index contributed by atoms with van der Waals surface area (Å²) in [6, 6.07) is 61.4. The molecule has 0 fully saturated rings. The van der Waals surface area contributed by atoms with Crippen molar-refractivity contribution in [1.82, 2.24) is 4.57 Å². The molecule has 8 aromatic carbocycles. The maximum Gasteiger partial charge on any atom is 0.120 e. The first-order chi connectivity index (χ1) is 33.9. The van der Waals surface area contributed by atoms with E-state index >= 15 is 0 Å². The molecule has 10 heteroatoms. The summed E-state index contributed by atoms with van der Waals surface area (Å²) < 4.78 is 30.9. The average Bonchev–Trinajstić information content (AvgIpc) is 3.72. The van der Waals surface area contributed by atoms with Crippen molar-refractivity contribution < 1.29 is 28.8 Å². The Hall–Kier alpha value is -8.76. The molecule has 1 N–H and O–H groups in total. The molecule has 1 aromatic heterocycles. The number of phenolic OH excluding ortho intramolecular Hbond substituents is 1. The van der Waals surface area contributed by atoms with Gasteiger partial charge in [-0.05, 0) is 134 Å². The monoisotopic (exact) mass is 912 g/mol. The van der Waals surface area contributed by atoms with Crippen molar-refractivity contribution in [2.24, 2.45) is 0 Å². The molecule has 0 radical (unpaired) electrons. The van der Waals surface area contributed by atoms with E-state index in [0.717, 1.165) is 120 Å². The lowest BCUT2D eigenvalue weighted by molar-refractivity contribution is 0.276. The van der Waals surface area contributed by atoms with Crippen LogP contribution in [0.4, 0.5) is 45.5 Å². The molecule has 0 aliphatic heterocycles. The molecule has 69 heavy (non-hydrogen) atoms. The van der Waals surface area contributed by atoms with Crippen molar-refractivity contribution in [3.8, 4) is 34.4 Å². The van der Waals surface area contributed by atoms with Gasteiger partial charge in [-0.2, -0.15) is 0 Å². The van der Waals surface area contributed by atoms with Gasteiger partial charge in [0.05, 0.1) is 52.3 Å². The van der Waals surface area contributed by atoms with E-state index in [-0.39, 0.29) is 5.75 Å². The van der Waals surface area contributed by atoms with Crippen LogP contribution < -0.4 is 33.6 Å². The van der Waals surface area contributed by atoms with Gasteiger partial charge in [0.2, 0.25) is 0 Å². The van der Waals surface area contributed by atoms with Crippen LogP contribution in [0, 0.1) is 0 Å². The molecule has 0 unspecified atom stereocenters. The zero-order chi connectivity index (χ0) is 47.4. The summed E-state index contributed by atoms with van der Waals surface area (Å²) in [5, 5.41) is 12.9. The van der Waals surface area contributed by atoms with Gasteiger partial charge in [-0.25, -0.2) is 0 Å². The van der Waals surface area contributed by atoms with Crippen LogP contribution in [0.5, 0.6) is 28.7 Å². The van der Waals surface area contributed by atoms with Crippen LogP contribution >= 0.6 is 0 Å². The van der Waals surface area contributed by atoms with E-state index in [9.17, 15) is 5.11 Å². The fourth-order valence-electron chi connectivity index (χ4n) is 9.25. The smallest absolute Gasteiger partial charge is 0.120 e. The summed E-state index contributed by atoms with van der Waals surface area (Å²) in [5.41, 5.74) is 11.4. The quantitative estimate of drug-likeness (QED) is 0.108. The second-order valence-corrected chi connectivity index (χ2v) is 16.6. The highest BCUT2D eigenvalue weighted by molar-refractivity contribution is 6.12. The molecule has 1 aliphatic carbocycles. The van der Waals surface area contributed by atoms with Crippen LogP contribution in [0.25, 0.3) is 27.5 Å². The standard InChI is InChI=1S/C59H52N4O6/c1-65-51-19-7-13-43(33-51)60(44-14-8-20-52(34-44)66-2)40-24-26-41(27-25-40)63-58-30-28-48(61(42-12-6-18-50(64)32-42)45-15-9-21-53(35-45)67-3)38-56(58)57-39-49(29-31-59(57)63)62(46-16-10-22-54(36-46)68-4)47-17-11-23-55(37-47)69-5/h6-10,12-22,24-39,64H,11,23H2,1-5H3. The molecule has 0 saturated carbocycles. The fraction of sp³-hybridized carbons (Fsp3) is 0.119. The molecule has 1 heterocycles. The van der Waals surface area contributed by atoms with E-state index in [0.29, 0.717) is 0 Å². The number of anilines is 8. The zero-order valence-corrected chi connectivity index (χ0v) is 39.2. The molecular weight excluding hydrogens is 861 g/mol. The van der Waals surface area contributed by atoms with E-state index < -0.39 is 0 Å². The lowest BCUT2D eigenvalue weighted by Crippen LogP contribution is -2.17. The van der Waals surface area contributed by atoms with Crippen molar-refractivity contribution in [2.75, 3.05) is 50.2 Å². The molecule has 9 aromatic rings. The average molecular weight is 913 g/mol. The van der Waals surface area contributed by atoms with E-state index in [2.05, 4.69) is 116 Å². The predicted molar refractivity (Wildman–Crippen MR) is 279 cm³/mol. The largest absolute Gasteiger partial charge is 0.508 e. The lowest BCUT2D eigenvalue weighted by atomic mass is 10.1. The Morgan fingerprint density at radius 2 is 0.812 bits per heavy atom. The third kappa shape index (κ3) is 8.71. The van der Waals surface area contributed by atoms with E-state index in [1.807, 2.05) is 84.9 Å². The van der Waals surface area contributed by atoms with Crippen molar-refractivity contribution >= 4 is 67.3 Å². The molecule has 1 aliphatic rings. The molecule has 0 spiro atoms. The normalized spacial score (nSPS) is 12.2. The van der Waals surface area contributed by atoms with Crippen molar-refractivity contribution in [3.05, 3.63) is 206 Å². The van der Waals surface area contributed by atoms with Crippen LogP contribution in [-0.4, -0.2) is 45.2 Å². The van der Waals surface area contributed by atoms with Crippen molar-refractivity contribution in [1.29, 1.82) is 0 Å². The van der Waals surface area contributed by atoms with Gasteiger partial charge in [-0.1, -0.05) is 36.4 Å². The van der Waals surface area contributed by atoms with Gasteiger partial charge in [0.1, 0.15) is 28.7 Å². The molecule has 344 valence electrons. The third-order valence-corrected chi connectivity index (χ3v) is 12.5. The number of hydrogen-bond acceptors (Lipinski definition) is 9. The SMILES string of the molecule is COC1=CC(N(c2cccc(OC)c2)c2ccc3c(c2)c2cc(N(c4cccc(O)c4)c4cccc(OC)c4)ccc2n3-c2ccc(N(c3cccc(OC)c3)c3cccc(OC)c3)cc2)=CCC1. The topological polar surface area (TPSA) is 81.0 Å². The third-order valence-electron chi connectivity index (χ3n) is 12.5.